The lowest BCUT2D eigenvalue weighted by Gasteiger charge is -2.12. The van der Waals surface area contributed by atoms with Crippen LogP contribution in [0.15, 0.2) is 12.4 Å². The van der Waals surface area contributed by atoms with Crippen molar-refractivity contribution >= 4 is 6.03 Å². The third-order valence-electron chi connectivity index (χ3n) is 1.04. The van der Waals surface area contributed by atoms with Crippen molar-refractivity contribution in [2.45, 2.75) is 6.92 Å². The van der Waals surface area contributed by atoms with Gasteiger partial charge < -0.3 is 10.7 Å². The summed E-state index contributed by atoms with van der Waals surface area (Å²) >= 11 is 0. The Labute approximate surface area is 59.0 Å². The Morgan fingerprint density at radius 2 is 2.60 bits per heavy atom. The van der Waals surface area contributed by atoms with Crippen molar-refractivity contribution in [1.29, 1.82) is 0 Å². The predicted octanol–water partition coefficient (Wildman–Crippen LogP) is -0.488. The molecule has 5 heteroatoms. The minimum atomic E-state index is -0.163. The first-order valence-electron chi connectivity index (χ1n) is 3.09. The van der Waals surface area contributed by atoms with Crippen molar-refractivity contribution in [2.75, 3.05) is 6.54 Å². The van der Waals surface area contributed by atoms with Gasteiger partial charge in [0.2, 0.25) is 0 Å². The largest absolute Gasteiger partial charge is 0.337 e. The molecule has 0 saturated carbocycles. The molecule has 0 bridgehead atoms. The first-order chi connectivity index (χ1) is 4.84. The molecule has 0 fully saturated rings. The fraction of sp³-hybridized carbons (Fsp3) is 0.400. The molecular formula is C5H10N4O. The first-order valence-corrected chi connectivity index (χ1v) is 3.09. The highest BCUT2D eigenvalue weighted by Gasteiger charge is 2.10. The Kier molecular flexibility index (Phi) is 2.11. The van der Waals surface area contributed by atoms with E-state index in [4.69, 9.17) is 0 Å². The molecule has 0 radical (unpaired) electrons. The Bertz CT molecular complexity index is 156. The predicted molar refractivity (Wildman–Crippen MR) is 36.3 cm³/mol. The summed E-state index contributed by atoms with van der Waals surface area (Å²) in [4.78, 5) is 10.9. The van der Waals surface area contributed by atoms with Crippen LogP contribution in [0.4, 0.5) is 4.79 Å². The molecule has 0 aromatic rings. The number of hydrogen-bond donors (Lipinski definition) is 3. The Hall–Kier alpha value is -1.23. The lowest BCUT2D eigenvalue weighted by Crippen LogP contribution is -2.45. The molecule has 0 aromatic heterocycles. The maximum atomic E-state index is 10.9. The third kappa shape index (κ3) is 1.38. The second-order valence-corrected chi connectivity index (χ2v) is 1.78. The van der Waals surface area contributed by atoms with E-state index in [-0.39, 0.29) is 6.03 Å². The van der Waals surface area contributed by atoms with Gasteiger partial charge in [-0.2, -0.15) is 0 Å². The second kappa shape index (κ2) is 3.07. The van der Waals surface area contributed by atoms with Crippen molar-refractivity contribution in [3.63, 3.8) is 0 Å². The summed E-state index contributed by atoms with van der Waals surface area (Å²) in [5, 5.41) is 3.94. The minimum absolute atomic E-state index is 0.163. The third-order valence-corrected chi connectivity index (χ3v) is 1.04. The zero-order chi connectivity index (χ0) is 7.40. The highest BCUT2D eigenvalue weighted by molar-refractivity contribution is 5.74. The van der Waals surface area contributed by atoms with Crippen LogP contribution in [-0.4, -0.2) is 17.6 Å². The van der Waals surface area contributed by atoms with Gasteiger partial charge in [0.15, 0.2) is 0 Å². The molecule has 2 amide bonds. The SMILES string of the molecule is CCNC(=O)N1C=CNN1. The fourth-order valence-corrected chi connectivity index (χ4v) is 0.611. The molecule has 5 nitrogen and oxygen atoms in total. The number of hydrazine groups is 2. The van der Waals surface area contributed by atoms with E-state index in [1.54, 1.807) is 12.4 Å². The number of urea groups is 1. The van der Waals surface area contributed by atoms with E-state index in [9.17, 15) is 4.79 Å². The van der Waals surface area contributed by atoms with Crippen molar-refractivity contribution in [1.82, 2.24) is 21.3 Å². The molecule has 1 heterocycles. The normalized spacial score (nSPS) is 15.1. The van der Waals surface area contributed by atoms with Crippen LogP contribution in [0.25, 0.3) is 0 Å². The summed E-state index contributed by atoms with van der Waals surface area (Å²) in [7, 11) is 0. The molecule has 3 N–H and O–H groups in total. The van der Waals surface area contributed by atoms with E-state index in [1.807, 2.05) is 6.92 Å². The van der Waals surface area contributed by atoms with Crippen LogP contribution in [0.3, 0.4) is 0 Å². The van der Waals surface area contributed by atoms with Crippen molar-refractivity contribution < 1.29 is 4.79 Å². The standard InChI is InChI=1S/C5H10N4O/c1-2-6-5(10)9-4-3-7-8-9/h3-4,7-8H,2H2,1H3,(H,6,10). The Balaban J connectivity index is 2.33. The van der Waals surface area contributed by atoms with E-state index in [0.717, 1.165) is 0 Å². The van der Waals surface area contributed by atoms with Gasteiger partial charge in [-0.25, -0.2) is 9.80 Å². The summed E-state index contributed by atoms with van der Waals surface area (Å²) in [6.45, 7) is 2.50. The van der Waals surface area contributed by atoms with Crippen molar-refractivity contribution in [3.05, 3.63) is 12.4 Å². The number of nitrogens with zero attached hydrogens (tertiary/aromatic N) is 1. The van der Waals surface area contributed by atoms with Gasteiger partial charge in [0, 0.05) is 18.9 Å². The van der Waals surface area contributed by atoms with Gasteiger partial charge in [0.05, 0.1) is 0 Å². The molecule has 0 atom stereocenters. The van der Waals surface area contributed by atoms with Crippen LogP contribution >= 0.6 is 0 Å². The van der Waals surface area contributed by atoms with E-state index in [0.29, 0.717) is 6.54 Å². The lowest BCUT2D eigenvalue weighted by atomic mass is 10.7. The monoisotopic (exact) mass is 142 g/mol. The van der Waals surface area contributed by atoms with Crippen LogP contribution in [0.1, 0.15) is 6.92 Å². The molecular weight excluding hydrogens is 132 g/mol. The molecule has 0 saturated heterocycles. The zero-order valence-electron chi connectivity index (χ0n) is 5.72. The highest BCUT2D eigenvalue weighted by Crippen LogP contribution is 1.88. The average Bonchev–Trinajstić information content (AvgIpc) is 2.38. The van der Waals surface area contributed by atoms with Crippen molar-refractivity contribution in [2.24, 2.45) is 0 Å². The molecule has 0 unspecified atom stereocenters. The molecule has 1 aliphatic rings. The summed E-state index contributed by atoms with van der Waals surface area (Å²) < 4.78 is 0. The summed E-state index contributed by atoms with van der Waals surface area (Å²) in [5.41, 5.74) is 5.25. The highest BCUT2D eigenvalue weighted by atomic mass is 16.2. The molecule has 56 valence electrons. The van der Waals surface area contributed by atoms with Crippen LogP contribution in [0, 0.1) is 0 Å². The molecule has 1 rings (SSSR count). The van der Waals surface area contributed by atoms with E-state index in [2.05, 4.69) is 16.3 Å². The molecule has 10 heavy (non-hydrogen) atoms. The van der Waals surface area contributed by atoms with Gasteiger partial charge in [-0.1, -0.05) is 0 Å². The zero-order valence-corrected chi connectivity index (χ0v) is 5.72. The van der Waals surface area contributed by atoms with E-state index >= 15 is 0 Å². The van der Waals surface area contributed by atoms with Gasteiger partial charge in [-0.05, 0) is 6.92 Å². The maximum Gasteiger partial charge on any atom is 0.337 e. The molecule has 0 spiro atoms. The molecule has 0 aliphatic carbocycles. The van der Waals surface area contributed by atoms with Gasteiger partial charge in [0.25, 0.3) is 0 Å². The number of rotatable bonds is 1. The number of hydrogen-bond acceptors (Lipinski definition) is 3. The second-order valence-electron chi connectivity index (χ2n) is 1.78. The summed E-state index contributed by atoms with van der Waals surface area (Å²) in [6, 6.07) is -0.163. The fourth-order valence-electron chi connectivity index (χ4n) is 0.611. The number of nitrogens with one attached hydrogen (secondary N) is 3. The first kappa shape index (κ1) is 6.88. The van der Waals surface area contributed by atoms with E-state index in [1.165, 1.54) is 5.01 Å². The quantitative estimate of drug-likeness (QED) is 0.463. The molecule has 0 aromatic carbocycles. The lowest BCUT2D eigenvalue weighted by molar-refractivity contribution is 0.198. The summed E-state index contributed by atoms with van der Waals surface area (Å²) in [6.07, 6.45) is 3.24. The maximum absolute atomic E-state index is 10.9. The Morgan fingerprint density at radius 1 is 1.80 bits per heavy atom. The van der Waals surface area contributed by atoms with Crippen LogP contribution in [-0.2, 0) is 0 Å². The average molecular weight is 142 g/mol. The van der Waals surface area contributed by atoms with Gasteiger partial charge in [0.1, 0.15) is 0 Å². The van der Waals surface area contributed by atoms with Crippen LogP contribution in [0.2, 0.25) is 0 Å². The topological polar surface area (TPSA) is 56.4 Å². The van der Waals surface area contributed by atoms with Crippen LogP contribution < -0.4 is 16.3 Å². The van der Waals surface area contributed by atoms with Crippen LogP contribution in [0.5, 0.6) is 0 Å². The number of carbonyl (C=O) groups excluding carboxylic acids is 1. The number of amides is 2. The van der Waals surface area contributed by atoms with Gasteiger partial charge in [-0.15, -0.1) is 5.53 Å². The Morgan fingerprint density at radius 3 is 3.10 bits per heavy atom. The number of carbonyl (C=O) groups is 1. The smallest absolute Gasteiger partial charge is 0.337 e. The molecule has 1 aliphatic heterocycles. The van der Waals surface area contributed by atoms with Gasteiger partial charge in [-0.3, -0.25) is 0 Å². The van der Waals surface area contributed by atoms with Gasteiger partial charge >= 0.3 is 6.03 Å². The van der Waals surface area contributed by atoms with Crippen molar-refractivity contribution in [3.8, 4) is 0 Å². The minimum Gasteiger partial charge on any atom is -0.337 e. The van der Waals surface area contributed by atoms with E-state index < -0.39 is 0 Å². The summed E-state index contributed by atoms with van der Waals surface area (Å²) in [5.74, 6) is 0.